The van der Waals surface area contributed by atoms with Crippen molar-refractivity contribution in [3.8, 4) is 0 Å². The smallest absolute Gasteiger partial charge is 0.317 e. The van der Waals surface area contributed by atoms with E-state index in [1.54, 1.807) is 25.3 Å². The molecule has 0 spiro atoms. The fourth-order valence-corrected chi connectivity index (χ4v) is 2.63. The molecule has 1 saturated heterocycles. The topological polar surface area (TPSA) is 65.5 Å². The third kappa shape index (κ3) is 4.08. The van der Waals surface area contributed by atoms with E-state index in [0.717, 1.165) is 25.1 Å². The van der Waals surface area contributed by atoms with Gasteiger partial charge in [-0.05, 0) is 38.3 Å². The summed E-state index contributed by atoms with van der Waals surface area (Å²) in [7, 11) is 0. The number of nitrogens with zero attached hydrogens (tertiary/aromatic N) is 2. The highest BCUT2D eigenvalue weighted by molar-refractivity contribution is 6.30. The Morgan fingerprint density at radius 2 is 2.45 bits per heavy atom. The van der Waals surface area contributed by atoms with Crippen molar-refractivity contribution < 1.29 is 9.90 Å². The molecule has 1 fully saturated rings. The number of halogens is 1. The van der Waals surface area contributed by atoms with Crippen molar-refractivity contribution in [1.29, 1.82) is 0 Å². The van der Waals surface area contributed by atoms with Crippen LogP contribution in [0.2, 0.25) is 5.02 Å². The number of pyridine rings is 1. The zero-order valence-corrected chi connectivity index (χ0v) is 12.3. The van der Waals surface area contributed by atoms with Gasteiger partial charge in [0.25, 0.3) is 0 Å². The molecule has 1 aliphatic rings. The molecule has 2 heterocycles. The molecule has 0 bridgehead atoms. The Morgan fingerprint density at radius 3 is 3.10 bits per heavy atom. The molecule has 2 atom stereocenters. The summed E-state index contributed by atoms with van der Waals surface area (Å²) in [4.78, 5) is 18.1. The number of likely N-dealkylation sites (tertiary alicyclic amines) is 1. The van der Waals surface area contributed by atoms with Gasteiger partial charge in [0.05, 0.1) is 23.4 Å². The van der Waals surface area contributed by atoms with Gasteiger partial charge in [-0.25, -0.2) is 4.79 Å². The number of aliphatic hydroxyl groups excluding tert-OH is 1. The third-order valence-corrected chi connectivity index (χ3v) is 3.68. The molecule has 0 radical (unpaired) electrons. The maximum Gasteiger partial charge on any atom is 0.317 e. The Bertz CT molecular complexity index is 450. The molecule has 2 rings (SSSR count). The minimum Gasteiger partial charge on any atom is -0.393 e. The highest BCUT2D eigenvalue weighted by Crippen LogP contribution is 2.21. The minimum absolute atomic E-state index is 0.0927. The van der Waals surface area contributed by atoms with Crippen LogP contribution < -0.4 is 5.32 Å². The van der Waals surface area contributed by atoms with E-state index >= 15 is 0 Å². The van der Waals surface area contributed by atoms with Crippen molar-refractivity contribution in [3.05, 3.63) is 29.0 Å². The lowest BCUT2D eigenvalue weighted by Crippen LogP contribution is -2.43. The Kier molecular flexibility index (Phi) is 5.20. The molecule has 6 heteroatoms. The number of hydrogen-bond donors (Lipinski definition) is 2. The van der Waals surface area contributed by atoms with Gasteiger partial charge < -0.3 is 15.3 Å². The molecule has 2 N–H and O–H groups in total. The van der Waals surface area contributed by atoms with Crippen LogP contribution in [0.4, 0.5) is 4.79 Å². The van der Waals surface area contributed by atoms with Crippen LogP contribution in [0.3, 0.4) is 0 Å². The zero-order valence-electron chi connectivity index (χ0n) is 11.6. The molecule has 5 nitrogen and oxygen atoms in total. The SMILES string of the molecule is CC(O)CC1CCCN1C(=O)NCc1ccc(Cl)cn1. The fraction of sp³-hybridized carbons (Fsp3) is 0.571. The highest BCUT2D eigenvalue weighted by Gasteiger charge is 2.29. The highest BCUT2D eigenvalue weighted by atomic mass is 35.5. The molecule has 0 saturated carbocycles. The number of amides is 2. The van der Waals surface area contributed by atoms with Crippen molar-refractivity contribution in [1.82, 2.24) is 15.2 Å². The van der Waals surface area contributed by atoms with Crippen molar-refractivity contribution in [3.63, 3.8) is 0 Å². The minimum atomic E-state index is -0.383. The molecule has 1 aromatic rings. The first-order valence-corrected chi connectivity index (χ1v) is 7.27. The van der Waals surface area contributed by atoms with Crippen molar-refractivity contribution >= 4 is 17.6 Å². The number of aliphatic hydroxyl groups is 1. The van der Waals surface area contributed by atoms with Gasteiger partial charge in [0.15, 0.2) is 0 Å². The second kappa shape index (κ2) is 6.90. The van der Waals surface area contributed by atoms with Gasteiger partial charge >= 0.3 is 6.03 Å². The number of rotatable bonds is 4. The van der Waals surface area contributed by atoms with Gasteiger partial charge in [0, 0.05) is 18.8 Å². The van der Waals surface area contributed by atoms with Crippen LogP contribution in [0, 0.1) is 0 Å². The second-order valence-corrected chi connectivity index (χ2v) is 5.64. The van der Waals surface area contributed by atoms with E-state index in [2.05, 4.69) is 10.3 Å². The Labute approximate surface area is 123 Å². The maximum atomic E-state index is 12.2. The lowest BCUT2D eigenvalue weighted by molar-refractivity contribution is 0.138. The molecule has 0 aromatic carbocycles. The molecule has 0 aliphatic carbocycles. The number of aromatic nitrogens is 1. The monoisotopic (exact) mass is 297 g/mol. The summed E-state index contributed by atoms with van der Waals surface area (Å²) in [5.74, 6) is 0. The summed E-state index contributed by atoms with van der Waals surface area (Å²) in [6, 6.07) is 3.58. The van der Waals surface area contributed by atoms with Crippen LogP contribution in [0.1, 0.15) is 31.9 Å². The van der Waals surface area contributed by atoms with Crippen LogP contribution in [-0.4, -0.2) is 39.7 Å². The van der Waals surface area contributed by atoms with Crippen LogP contribution in [-0.2, 0) is 6.54 Å². The Hall–Kier alpha value is -1.33. The lowest BCUT2D eigenvalue weighted by atomic mass is 10.1. The Morgan fingerprint density at radius 1 is 1.65 bits per heavy atom. The van der Waals surface area contributed by atoms with Gasteiger partial charge in [-0.2, -0.15) is 0 Å². The molecule has 20 heavy (non-hydrogen) atoms. The van der Waals surface area contributed by atoms with Gasteiger partial charge in [-0.15, -0.1) is 0 Å². The van der Waals surface area contributed by atoms with Crippen molar-refractivity contribution in [2.45, 2.75) is 44.9 Å². The summed E-state index contributed by atoms with van der Waals surface area (Å²) in [6.07, 6.45) is 3.76. The molecule has 1 aliphatic heterocycles. The standard InChI is InChI=1S/C14H20ClN3O2/c1-10(19)7-13-3-2-6-18(13)14(20)17-9-12-5-4-11(15)8-16-12/h4-5,8,10,13,19H,2-3,6-7,9H2,1H3,(H,17,20). The van der Waals surface area contributed by atoms with Crippen molar-refractivity contribution in [2.75, 3.05) is 6.54 Å². The van der Waals surface area contributed by atoms with Gasteiger partial charge in [0.2, 0.25) is 0 Å². The first-order valence-electron chi connectivity index (χ1n) is 6.89. The molecular formula is C14H20ClN3O2. The van der Waals surface area contributed by atoms with E-state index in [0.29, 0.717) is 18.0 Å². The lowest BCUT2D eigenvalue weighted by Gasteiger charge is -2.25. The van der Waals surface area contributed by atoms with Crippen molar-refractivity contribution in [2.24, 2.45) is 0 Å². The van der Waals surface area contributed by atoms with E-state index in [1.807, 2.05) is 4.90 Å². The number of nitrogens with one attached hydrogen (secondary N) is 1. The first-order chi connectivity index (χ1) is 9.56. The zero-order chi connectivity index (χ0) is 14.5. The first kappa shape index (κ1) is 15.1. The van der Waals surface area contributed by atoms with Gasteiger partial charge in [-0.1, -0.05) is 11.6 Å². The number of carbonyl (C=O) groups excluding carboxylic acids is 1. The fourth-order valence-electron chi connectivity index (χ4n) is 2.52. The average Bonchev–Trinajstić information content (AvgIpc) is 2.85. The second-order valence-electron chi connectivity index (χ2n) is 5.20. The molecule has 110 valence electrons. The Balaban J connectivity index is 1.86. The summed E-state index contributed by atoms with van der Waals surface area (Å²) in [6.45, 7) is 2.89. The van der Waals surface area contributed by atoms with E-state index in [-0.39, 0.29) is 18.2 Å². The van der Waals surface area contributed by atoms with E-state index in [9.17, 15) is 9.90 Å². The van der Waals surface area contributed by atoms with Crippen LogP contribution >= 0.6 is 11.6 Å². The summed E-state index contributed by atoms with van der Waals surface area (Å²) < 4.78 is 0. The summed E-state index contributed by atoms with van der Waals surface area (Å²) >= 11 is 5.76. The summed E-state index contributed by atoms with van der Waals surface area (Å²) in [5.41, 5.74) is 0.772. The maximum absolute atomic E-state index is 12.2. The number of urea groups is 1. The van der Waals surface area contributed by atoms with E-state index < -0.39 is 0 Å². The van der Waals surface area contributed by atoms with Crippen LogP contribution in [0.15, 0.2) is 18.3 Å². The van der Waals surface area contributed by atoms with Gasteiger partial charge in [0.1, 0.15) is 0 Å². The van der Waals surface area contributed by atoms with Gasteiger partial charge in [-0.3, -0.25) is 4.98 Å². The third-order valence-electron chi connectivity index (χ3n) is 3.46. The summed E-state index contributed by atoms with van der Waals surface area (Å²) in [5, 5.41) is 12.9. The average molecular weight is 298 g/mol. The van der Waals surface area contributed by atoms with E-state index in [4.69, 9.17) is 11.6 Å². The van der Waals surface area contributed by atoms with Crippen LogP contribution in [0.5, 0.6) is 0 Å². The molecular weight excluding hydrogens is 278 g/mol. The predicted octanol–water partition coefficient (Wildman–Crippen LogP) is 2.18. The normalized spacial score (nSPS) is 19.9. The predicted molar refractivity (Wildman–Crippen MR) is 77.5 cm³/mol. The molecule has 2 amide bonds. The number of carbonyl (C=O) groups is 1. The largest absolute Gasteiger partial charge is 0.393 e. The number of hydrogen-bond acceptors (Lipinski definition) is 3. The van der Waals surface area contributed by atoms with E-state index in [1.165, 1.54) is 0 Å². The van der Waals surface area contributed by atoms with Crippen LogP contribution in [0.25, 0.3) is 0 Å². The molecule has 2 unspecified atom stereocenters. The quantitative estimate of drug-likeness (QED) is 0.895. The molecule has 1 aromatic heterocycles.